The Labute approximate surface area is 75.2 Å². The highest BCUT2D eigenvalue weighted by atomic mass is 16.5. The molecule has 0 aromatic carbocycles. The fourth-order valence-electron chi connectivity index (χ4n) is 1.01. The van der Waals surface area contributed by atoms with Gasteiger partial charge in [0.05, 0.1) is 14.2 Å². The molecule has 0 bridgehead atoms. The van der Waals surface area contributed by atoms with Crippen molar-refractivity contribution in [1.82, 2.24) is 9.78 Å². The third-order valence-corrected chi connectivity index (χ3v) is 1.62. The van der Waals surface area contributed by atoms with Crippen LogP contribution in [0.25, 0.3) is 0 Å². The molecule has 1 heterocycles. The van der Waals surface area contributed by atoms with E-state index in [1.54, 1.807) is 7.05 Å². The molecule has 0 radical (unpaired) electrons. The average molecular weight is 185 g/mol. The van der Waals surface area contributed by atoms with Crippen molar-refractivity contribution in [3.05, 3.63) is 5.69 Å². The Hall–Kier alpha value is -1.72. The molecule has 0 amide bonds. The molecule has 1 aromatic rings. The number of nitrogens with two attached hydrogens (primary N) is 1. The first-order chi connectivity index (χ1) is 6.11. The van der Waals surface area contributed by atoms with Gasteiger partial charge in [0.25, 0.3) is 5.88 Å². The highest BCUT2D eigenvalue weighted by molar-refractivity contribution is 5.94. The van der Waals surface area contributed by atoms with Crippen LogP contribution in [0.1, 0.15) is 10.5 Å². The van der Waals surface area contributed by atoms with Gasteiger partial charge >= 0.3 is 5.97 Å². The summed E-state index contributed by atoms with van der Waals surface area (Å²) in [5.41, 5.74) is 5.97. The van der Waals surface area contributed by atoms with Gasteiger partial charge in [-0.25, -0.2) is 4.79 Å². The van der Waals surface area contributed by atoms with E-state index in [0.717, 1.165) is 0 Å². The molecule has 0 aliphatic heterocycles. The van der Waals surface area contributed by atoms with Gasteiger partial charge in [0, 0.05) is 7.05 Å². The first-order valence-electron chi connectivity index (χ1n) is 3.56. The number of carbonyl (C=O) groups excluding carboxylic acids is 1. The molecule has 72 valence electrons. The molecule has 0 aliphatic carbocycles. The van der Waals surface area contributed by atoms with Crippen LogP contribution in [-0.4, -0.2) is 30.0 Å². The number of esters is 1. The van der Waals surface area contributed by atoms with E-state index in [9.17, 15) is 4.79 Å². The van der Waals surface area contributed by atoms with Crippen molar-refractivity contribution in [2.45, 2.75) is 0 Å². The number of anilines is 1. The van der Waals surface area contributed by atoms with Gasteiger partial charge < -0.3 is 15.2 Å². The maximum Gasteiger partial charge on any atom is 0.358 e. The third kappa shape index (κ3) is 1.42. The van der Waals surface area contributed by atoms with E-state index in [1.807, 2.05) is 0 Å². The van der Waals surface area contributed by atoms with Crippen LogP contribution < -0.4 is 10.5 Å². The summed E-state index contributed by atoms with van der Waals surface area (Å²) in [6.45, 7) is 0. The zero-order valence-electron chi connectivity index (χ0n) is 7.70. The van der Waals surface area contributed by atoms with E-state index in [4.69, 9.17) is 10.5 Å². The second-order valence-corrected chi connectivity index (χ2v) is 2.39. The molecule has 0 aliphatic rings. The number of aromatic nitrogens is 2. The van der Waals surface area contributed by atoms with Crippen LogP contribution in [0.5, 0.6) is 5.88 Å². The van der Waals surface area contributed by atoms with E-state index in [1.165, 1.54) is 18.9 Å². The maximum atomic E-state index is 11.2. The molecule has 0 atom stereocenters. The SMILES string of the molecule is COC(=O)c1c(N)c(OC)nn1C. The minimum Gasteiger partial charge on any atom is -0.478 e. The Morgan fingerprint density at radius 2 is 2.15 bits per heavy atom. The monoisotopic (exact) mass is 185 g/mol. The van der Waals surface area contributed by atoms with Crippen LogP contribution in [0.2, 0.25) is 0 Å². The van der Waals surface area contributed by atoms with E-state index in [-0.39, 0.29) is 17.3 Å². The van der Waals surface area contributed by atoms with Gasteiger partial charge in [-0.3, -0.25) is 4.68 Å². The maximum absolute atomic E-state index is 11.2. The van der Waals surface area contributed by atoms with E-state index in [2.05, 4.69) is 9.84 Å². The Balaban J connectivity index is 3.20. The zero-order chi connectivity index (χ0) is 10.0. The van der Waals surface area contributed by atoms with Gasteiger partial charge in [0.1, 0.15) is 5.69 Å². The molecule has 0 fully saturated rings. The second kappa shape index (κ2) is 3.34. The molecule has 0 saturated carbocycles. The summed E-state index contributed by atoms with van der Waals surface area (Å²) in [6, 6.07) is 0. The standard InChI is InChI=1S/C7H11N3O3/c1-10-5(7(11)13-3)4(8)6(9-10)12-2/h8H2,1-3H3. The fourth-order valence-corrected chi connectivity index (χ4v) is 1.01. The molecule has 0 saturated heterocycles. The fraction of sp³-hybridized carbons (Fsp3) is 0.429. The summed E-state index contributed by atoms with van der Waals surface area (Å²) in [4.78, 5) is 11.2. The van der Waals surface area contributed by atoms with E-state index in [0.29, 0.717) is 0 Å². The highest BCUT2D eigenvalue weighted by Gasteiger charge is 2.20. The van der Waals surface area contributed by atoms with Crippen molar-refractivity contribution in [3.8, 4) is 5.88 Å². The molecule has 0 unspecified atom stereocenters. The number of aryl methyl sites for hydroxylation is 1. The van der Waals surface area contributed by atoms with Gasteiger partial charge in [0.15, 0.2) is 5.69 Å². The van der Waals surface area contributed by atoms with Crippen LogP contribution in [-0.2, 0) is 11.8 Å². The average Bonchev–Trinajstić information content (AvgIpc) is 2.40. The second-order valence-electron chi connectivity index (χ2n) is 2.39. The van der Waals surface area contributed by atoms with E-state index < -0.39 is 5.97 Å². The van der Waals surface area contributed by atoms with Crippen LogP contribution in [0, 0.1) is 0 Å². The number of hydrogen-bond acceptors (Lipinski definition) is 5. The highest BCUT2D eigenvalue weighted by Crippen LogP contribution is 2.23. The van der Waals surface area contributed by atoms with Gasteiger partial charge in [-0.1, -0.05) is 0 Å². The minimum absolute atomic E-state index is 0.192. The van der Waals surface area contributed by atoms with Gasteiger partial charge in [0.2, 0.25) is 0 Å². The lowest BCUT2D eigenvalue weighted by Gasteiger charge is -1.99. The summed E-state index contributed by atoms with van der Waals surface area (Å²) in [5, 5.41) is 3.87. The van der Waals surface area contributed by atoms with Crippen molar-refractivity contribution in [3.63, 3.8) is 0 Å². The van der Waals surface area contributed by atoms with Crippen molar-refractivity contribution in [2.75, 3.05) is 20.0 Å². The van der Waals surface area contributed by atoms with Crippen molar-refractivity contribution >= 4 is 11.7 Å². The quantitative estimate of drug-likeness (QED) is 0.645. The first kappa shape index (κ1) is 9.37. The Morgan fingerprint density at radius 3 is 2.54 bits per heavy atom. The summed E-state index contributed by atoms with van der Waals surface area (Å²) in [6.07, 6.45) is 0. The predicted octanol–water partition coefficient (Wildman–Crippen LogP) is -0.203. The summed E-state index contributed by atoms with van der Waals surface area (Å²) >= 11 is 0. The first-order valence-corrected chi connectivity index (χ1v) is 3.56. The summed E-state index contributed by atoms with van der Waals surface area (Å²) in [5.74, 6) is -0.307. The number of rotatable bonds is 2. The number of hydrogen-bond donors (Lipinski definition) is 1. The zero-order valence-corrected chi connectivity index (χ0v) is 7.70. The minimum atomic E-state index is -0.532. The lowest BCUT2D eigenvalue weighted by atomic mass is 10.3. The molecule has 13 heavy (non-hydrogen) atoms. The topological polar surface area (TPSA) is 79.4 Å². The van der Waals surface area contributed by atoms with Gasteiger partial charge in [-0.15, -0.1) is 5.10 Å². The molecule has 2 N–H and O–H groups in total. The number of carbonyl (C=O) groups is 1. The molecular weight excluding hydrogens is 174 g/mol. The molecular formula is C7H11N3O3. The number of methoxy groups -OCH3 is 2. The lowest BCUT2D eigenvalue weighted by molar-refractivity contribution is 0.0589. The molecule has 6 heteroatoms. The van der Waals surface area contributed by atoms with Crippen molar-refractivity contribution in [2.24, 2.45) is 7.05 Å². The largest absolute Gasteiger partial charge is 0.478 e. The number of nitrogens with zero attached hydrogens (tertiary/aromatic N) is 2. The summed E-state index contributed by atoms with van der Waals surface area (Å²) in [7, 11) is 4.30. The summed E-state index contributed by atoms with van der Waals surface area (Å²) < 4.78 is 10.7. The van der Waals surface area contributed by atoms with E-state index >= 15 is 0 Å². The molecule has 1 rings (SSSR count). The van der Waals surface area contributed by atoms with Crippen LogP contribution in [0.15, 0.2) is 0 Å². The Bertz CT molecular complexity index is 332. The Kier molecular flexibility index (Phi) is 2.41. The smallest absolute Gasteiger partial charge is 0.358 e. The van der Waals surface area contributed by atoms with Crippen LogP contribution >= 0.6 is 0 Å². The van der Waals surface area contributed by atoms with Crippen LogP contribution in [0.3, 0.4) is 0 Å². The van der Waals surface area contributed by atoms with Crippen LogP contribution in [0.4, 0.5) is 5.69 Å². The number of ether oxygens (including phenoxy) is 2. The Morgan fingerprint density at radius 1 is 1.54 bits per heavy atom. The third-order valence-electron chi connectivity index (χ3n) is 1.62. The number of nitrogen functional groups attached to an aromatic ring is 1. The molecule has 1 aromatic heterocycles. The van der Waals surface area contributed by atoms with Gasteiger partial charge in [-0.05, 0) is 0 Å². The predicted molar refractivity (Wildman–Crippen MR) is 45.5 cm³/mol. The van der Waals surface area contributed by atoms with Crippen molar-refractivity contribution in [1.29, 1.82) is 0 Å². The normalized spacial score (nSPS) is 9.77. The van der Waals surface area contributed by atoms with Gasteiger partial charge in [-0.2, -0.15) is 0 Å². The lowest BCUT2D eigenvalue weighted by Crippen LogP contribution is -2.10. The molecule has 6 nitrogen and oxygen atoms in total. The molecule has 0 spiro atoms. The van der Waals surface area contributed by atoms with Crippen molar-refractivity contribution < 1.29 is 14.3 Å².